The predicted molar refractivity (Wildman–Crippen MR) is 62.3 cm³/mol. The van der Waals surface area contributed by atoms with Gasteiger partial charge in [0.2, 0.25) is 0 Å². The van der Waals surface area contributed by atoms with Gasteiger partial charge in [0, 0.05) is 18.3 Å². The van der Waals surface area contributed by atoms with Crippen LogP contribution in [0.2, 0.25) is 0 Å². The van der Waals surface area contributed by atoms with Crippen molar-refractivity contribution in [1.82, 2.24) is 4.57 Å². The van der Waals surface area contributed by atoms with Crippen LogP contribution in [-0.4, -0.2) is 4.57 Å². The minimum absolute atomic E-state index is 0.177. The molecule has 1 aliphatic rings. The molecule has 0 N–H and O–H groups in total. The number of hydrogen-bond donors (Lipinski definition) is 0. The molecule has 0 unspecified atom stereocenters. The molecule has 2 rings (SSSR count). The Balaban J connectivity index is 2.56. The Kier molecular flexibility index (Phi) is 2.94. The van der Waals surface area contributed by atoms with Crippen molar-refractivity contribution in [3.05, 3.63) is 33.7 Å². The summed E-state index contributed by atoms with van der Waals surface area (Å²) in [4.78, 5) is 11.8. The second kappa shape index (κ2) is 4.21. The van der Waals surface area contributed by atoms with E-state index >= 15 is 0 Å². The van der Waals surface area contributed by atoms with Gasteiger partial charge in [0.05, 0.1) is 0 Å². The number of hydrogen-bond acceptors (Lipinski definition) is 1. The molecule has 1 aromatic rings. The highest BCUT2D eigenvalue weighted by molar-refractivity contribution is 5.25. The summed E-state index contributed by atoms with van der Waals surface area (Å²) in [6.45, 7) is 5.31. The summed E-state index contributed by atoms with van der Waals surface area (Å²) in [7, 11) is 0. The van der Waals surface area contributed by atoms with E-state index in [1.807, 2.05) is 10.6 Å². The Hall–Kier alpha value is -1.05. The Morgan fingerprint density at radius 1 is 1.20 bits per heavy atom. The molecule has 2 nitrogen and oxygen atoms in total. The van der Waals surface area contributed by atoms with Crippen molar-refractivity contribution in [3.63, 3.8) is 0 Å². The minimum atomic E-state index is 0.177. The molecule has 0 fully saturated rings. The quantitative estimate of drug-likeness (QED) is 0.691. The van der Waals surface area contributed by atoms with E-state index in [9.17, 15) is 4.79 Å². The van der Waals surface area contributed by atoms with Gasteiger partial charge in [-0.25, -0.2) is 0 Å². The number of aromatic nitrogens is 1. The Bertz CT molecular complexity index is 403. The van der Waals surface area contributed by atoms with Crippen LogP contribution in [-0.2, 0) is 13.0 Å². The molecule has 1 aliphatic heterocycles. The summed E-state index contributed by atoms with van der Waals surface area (Å²) in [5.74, 6) is 0.518. The normalized spacial score (nSPS) is 16.2. The predicted octanol–water partition coefficient (Wildman–Crippen LogP) is 2.70. The third kappa shape index (κ3) is 1.99. The van der Waals surface area contributed by atoms with Crippen LogP contribution in [0.25, 0.3) is 0 Å². The van der Waals surface area contributed by atoms with Crippen molar-refractivity contribution in [2.24, 2.45) is 0 Å². The highest BCUT2D eigenvalue weighted by Gasteiger charge is 2.14. The fourth-order valence-electron chi connectivity index (χ4n) is 2.43. The van der Waals surface area contributed by atoms with Crippen molar-refractivity contribution in [2.45, 2.75) is 52.0 Å². The first kappa shape index (κ1) is 10.5. The standard InChI is InChI=1S/C13H19NO/c1-10(2)11-7-8-13(15)14-9-5-3-4-6-12(11)14/h7-8,10H,3-6,9H2,1-2H3. The van der Waals surface area contributed by atoms with E-state index in [-0.39, 0.29) is 5.56 Å². The van der Waals surface area contributed by atoms with Gasteiger partial charge >= 0.3 is 0 Å². The van der Waals surface area contributed by atoms with Crippen molar-refractivity contribution < 1.29 is 0 Å². The van der Waals surface area contributed by atoms with Crippen LogP contribution < -0.4 is 5.56 Å². The summed E-state index contributed by atoms with van der Waals surface area (Å²) >= 11 is 0. The van der Waals surface area contributed by atoms with Crippen LogP contribution >= 0.6 is 0 Å². The lowest BCUT2D eigenvalue weighted by atomic mass is 9.99. The van der Waals surface area contributed by atoms with Crippen molar-refractivity contribution in [3.8, 4) is 0 Å². The molecule has 1 aromatic heterocycles. The first-order valence-corrected chi connectivity index (χ1v) is 5.93. The lowest BCUT2D eigenvalue weighted by molar-refractivity contribution is 0.611. The van der Waals surface area contributed by atoms with Crippen molar-refractivity contribution >= 4 is 0 Å². The third-order valence-corrected chi connectivity index (χ3v) is 3.25. The van der Waals surface area contributed by atoms with Gasteiger partial charge in [-0.15, -0.1) is 0 Å². The van der Waals surface area contributed by atoms with E-state index in [0.717, 1.165) is 19.4 Å². The van der Waals surface area contributed by atoms with E-state index in [1.54, 1.807) is 6.07 Å². The van der Waals surface area contributed by atoms with E-state index in [4.69, 9.17) is 0 Å². The fraction of sp³-hybridized carbons (Fsp3) is 0.615. The van der Waals surface area contributed by atoms with Crippen LogP contribution in [0.15, 0.2) is 16.9 Å². The van der Waals surface area contributed by atoms with Gasteiger partial charge in [-0.2, -0.15) is 0 Å². The first-order chi connectivity index (χ1) is 7.20. The summed E-state index contributed by atoms with van der Waals surface area (Å²) in [6.07, 6.45) is 4.69. The van der Waals surface area contributed by atoms with E-state index in [0.29, 0.717) is 5.92 Å². The molecule has 82 valence electrons. The van der Waals surface area contributed by atoms with Crippen LogP contribution in [0, 0.1) is 0 Å². The average molecular weight is 205 g/mol. The van der Waals surface area contributed by atoms with Gasteiger partial charge in [0.1, 0.15) is 0 Å². The summed E-state index contributed by atoms with van der Waals surface area (Å²) in [5.41, 5.74) is 2.82. The maximum atomic E-state index is 11.8. The average Bonchev–Trinajstić information content (AvgIpc) is 2.43. The zero-order valence-corrected chi connectivity index (χ0v) is 9.62. The Morgan fingerprint density at radius 3 is 2.73 bits per heavy atom. The topological polar surface area (TPSA) is 22.0 Å². The van der Waals surface area contributed by atoms with Crippen LogP contribution in [0.3, 0.4) is 0 Å². The lowest BCUT2D eigenvalue weighted by Gasteiger charge is -2.16. The second-order valence-electron chi connectivity index (χ2n) is 4.69. The Labute approximate surface area is 90.9 Å². The highest BCUT2D eigenvalue weighted by atomic mass is 16.1. The van der Waals surface area contributed by atoms with Gasteiger partial charge in [-0.3, -0.25) is 4.79 Å². The van der Waals surface area contributed by atoms with Crippen LogP contribution in [0.1, 0.15) is 50.3 Å². The molecule has 0 spiro atoms. The molecular weight excluding hydrogens is 186 g/mol. The summed E-state index contributed by atoms with van der Waals surface area (Å²) < 4.78 is 1.99. The van der Waals surface area contributed by atoms with Gasteiger partial charge in [0.15, 0.2) is 0 Å². The van der Waals surface area contributed by atoms with Gasteiger partial charge in [-0.1, -0.05) is 26.3 Å². The maximum absolute atomic E-state index is 11.8. The Morgan fingerprint density at radius 2 is 2.00 bits per heavy atom. The van der Waals surface area contributed by atoms with E-state index in [2.05, 4.69) is 13.8 Å². The molecule has 0 saturated carbocycles. The molecule has 15 heavy (non-hydrogen) atoms. The third-order valence-electron chi connectivity index (χ3n) is 3.25. The van der Waals surface area contributed by atoms with E-state index in [1.165, 1.54) is 24.1 Å². The molecule has 0 saturated heterocycles. The molecule has 0 atom stereocenters. The fourth-order valence-corrected chi connectivity index (χ4v) is 2.43. The molecule has 0 amide bonds. The maximum Gasteiger partial charge on any atom is 0.250 e. The number of rotatable bonds is 1. The summed E-state index contributed by atoms with van der Waals surface area (Å²) in [5, 5.41) is 0. The zero-order chi connectivity index (χ0) is 10.8. The monoisotopic (exact) mass is 205 g/mol. The molecule has 2 heterocycles. The van der Waals surface area contributed by atoms with E-state index < -0.39 is 0 Å². The van der Waals surface area contributed by atoms with Gasteiger partial charge < -0.3 is 4.57 Å². The molecule has 0 bridgehead atoms. The summed E-state index contributed by atoms with van der Waals surface area (Å²) in [6, 6.07) is 3.74. The minimum Gasteiger partial charge on any atom is -0.312 e. The number of nitrogens with zero attached hydrogens (tertiary/aromatic N) is 1. The van der Waals surface area contributed by atoms with Gasteiger partial charge in [-0.05, 0) is 30.7 Å². The number of pyridine rings is 1. The largest absolute Gasteiger partial charge is 0.312 e. The second-order valence-corrected chi connectivity index (χ2v) is 4.69. The molecule has 0 radical (unpaired) electrons. The lowest BCUT2D eigenvalue weighted by Crippen LogP contribution is -2.23. The molecule has 0 aliphatic carbocycles. The SMILES string of the molecule is CC(C)c1ccc(=O)n2c1CCCCC2. The number of fused-ring (bicyclic) bond motifs is 1. The van der Waals surface area contributed by atoms with Crippen molar-refractivity contribution in [2.75, 3.05) is 0 Å². The first-order valence-electron chi connectivity index (χ1n) is 5.93. The van der Waals surface area contributed by atoms with Crippen LogP contribution in [0.5, 0.6) is 0 Å². The molecule has 0 aromatic carbocycles. The van der Waals surface area contributed by atoms with Crippen molar-refractivity contribution in [1.29, 1.82) is 0 Å². The highest BCUT2D eigenvalue weighted by Crippen LogP contribution is 2.22. The zero-order valence-electron chi connectivity index (χ0n) is 9.62. The van der Waals surface area contributed by atoms with Gasteiger partial charge in [0.25, 0.3) is 5.56 Å². The molecular formula is C13H19NO. The van der Waals surface area contributed by atoms with Crippen LogP contribution in [0.4, 0.5) is 0 Å². The smallest absolute Gasteiger partial charge is 0.250 e. The molecule has 2 heteroatoms.